The van der Waals surface area contributed by atoms with Crippen LogP contribution in [0.1, 0.15) is 22.8 Å². The average Bonchev–Trinajstić information content (AvgIpc) is 2.60. The van der Waals surface area contributed by atoms with Gasteiger partial charge < -0.3 is 11.1 Å². The monoisotopic (exact) mass is 350 g/mol. The third-order valence-electron chi connectivity index (χ3n) is 3.61. The lowest BCUT2D eigenvalue weighted by Gasteiger charge is -2.11. The lowest BCUT2D eigenvalue weighted by atomic mass is 10.1. The summed E-state index contributed by atoms with van der Waals surface area (Å²) in [4.78, 5) is 21.1. The number of Topliss-reactive ketones (excluding diaryl/α,β-unsaturated/α-hetero) is 1. The van der Waals surface area contributed by atoms with E-state index in [0.29, 0.717) is 22.1 Å². The predicted molar refractivity (Wildman–Crippen MR) is 101 cm³/mol. The average molecular weight is 350 g/mol. The molecule has 3 N–H and O–H groups in total. The van der Waals surface area contributed by atoms with Gasteiger partial charge in [-0.15, -0.1) is 0 Å². The zero-order valence-corrected chi connectivity index (χ0v) is 14.8. The minimum atomic E-state index is 0.00919. The first kappa shape index (κ1) is 17.0. The Morgan fingerprint density at radius 1 is 1.12 bits per heavy atom. The minimum Gasteiger partial charge on any atom is -0.394 e. The largest absolute Gasteiger partial charge is 0.394 e. The Morgan fingerprint density at radius 2 is 1.88 bits per heavy atom. The maximum absolute atomic E-state index is 11.5. The molecule has 0 aliphatic heterocycles. The molecule has 3 rings (SSSR count). The van der Waals surface area contributed by atoms with Gasteiger partial charge in [-0.3, -0.25) is 4.79 Å². The highest BCUT2D eigenvalue weighted by Gasteiger charge is 2.10. The number of aromatic nitrogens is 2. The summed E-state index contributed by atoms with van der Waals surface area (Å²) in [5.74, 6) is 0.528. The molecule has 25 heavy (non-hydrogen) atoms. The Labute approximate surface area is 150 Å². The summed E-state index contributed by atoms with van der Waals surface area (Å²) >= 11 is 1.49. The molecule has 0 saturated carbocycles. The third-order valence-corrected chi connectivity index (χ3v) is 4.64. The van der Waals surface area contributed by atoms with Gasteiger partial charge in [0.1, 0.15) is 17.0 Å². The molecule has 1 aromatic heterocycles. The normalized spacial score (nSPS) is 10.5. The second-order valence-corrected chi connectivity index (χ2v) is 6.68. The molecule has 5 nitrogen and oxygen atoms in total. The van der Waals surface area contributed by atoms with Gasteiger partial charge in [-0.25, -0.2) is 9.97 Å². The van der Waals surface area contributed by atoms with Crippen LogP contribution in [-0.4, -0.2) is 15.8 Å². The third kappa shape index (κ3) is 4.16. The maximum Gasteiger partial charge on any atom is 0.159 e. The predicted octanol–water partition coefficient (Wildman–Crippen LogP) is 4.46. The molecule has 6 heteroatoms. The van der Waals surface area contributed by atoms with E-state index in [1.807, 2.05) is 43.3 Å². The quantitative estimate of drug-likeness (QED) is 0.522. The number of nitrogens with two attached hydrogens (primary N) is 1. The number of anilines is 3. The Hall–Kier alpha value is -2.86. The van der Waals surface area contributed by atoms with Gasteiger partial charge >= 0.3 is 0 Å². The SMILES string of the molecule is CC(=O)c1cccc(Nc2ncnc(Sc3ccc(C)cc3)c2N)c1. The van der Waals surface area contributed by atoms with Crippen molar-refractivity contribution in [1.82, 2.24) is 9.97 Å². The standard InChI is InChI=1S/C19H18N4OS/c1-12-6-8-16(9-7-12)25-19-17(20)18(21-11-22-19)23-15-5-3-4-14(10-15)13(2)24/h3-11H,20H2,1-2H3,(H,21,22,23). The lowest BCUT2D eigenvalue weighted by molar-refractivity contribution is 0.101. The van der Waals surface area contributed by atoms with Gasteiger partial charge in [0.15, 0.2) is 11.6 Å². The van der Waals surface area contributed by atoms with E-state index in [9.17, 15) is 4.79 Å². The fraction of sp³-hybridized carbons (Fsp3) is 0.105. The van der Waals surface area contributed by atoms with Crippen molar-refractivity contribution in [3.63, 3.8) is 0 Å². The number of carbonyl (C=O) groups is 1. The van der Waals surface area contributed by atoms with Crippen LogP contribution in [0.4, 0.5) is 17.2 Å². The van der Waals surface area contributed by atoms with Crippen LogP contribution in [0, 0.1) is 6.92 Å². The first-order valence-electron chi connectivity index (χ1n) is 7.76. The van der Waals surface area contributed by atoms with E-state index in [-0.39, 0.29) is 5.78 Å². The first-order chi connectivity index (χ1) is 12.0. The number of hydrogen-bond donors (Lipinski definition) is 2. The lowest BCUT2D eigenvalue weighted by Crippen LogP contribution is -2.03. The molecule has 0 radical (unpaired) electrons. The number of nitrogens with zero attached hydrogens (tertiary/aromatic N) is 2. The minimum absolute atomic E-state index is 0.00919. The summed E-state index contributed by atoms with van der Waals surface area (Å²) in [7, 11) is 0. The Kier molecular flexibility index (Phi) is 5.00. The van der Waals surface area contributed by atoms with Gasteiger partial charge in [-0.05, 0) is 38.1 Å². The van der Waals surface area contributed by atoms with Crippen molar-refractivity contribution in [2.75, 3.05) is 11.1 Å². The van der Waals surface area contributed by atoms with E-state index >= 15 is 0 Å². The zero-order chi connectivity index (χ0) is 17.8. The summed E-state index contributed by atoms with van der Waals surface area (Å²) in [5, 5.41) is 3.85. The van der Waals surface area contributed by atoms with Crippen molar-refractivity contribution < 1.29 is 4.79 Å². The first-order valence-corrected chi connectivity index (χ1v) is 8.57. The highest BCUT2D eigenvalue weighted by atomic mass is 32.2. The molecule has 126 valence electrons. The summed E-state index contributed by atoms with van der Waals surface area (Å²) in [5.41, 5.74) is 9.29. The van der Waals surface area contributed by atoms with E-state index in [2.05, 4.69) is 15.3 Å². The molecule has 0 amide bonds. The van der Waals surface area contributed by atoms with Crippen molar-refractivity contribution in [2.24, 2.45) is 0 Å². The van der Waals surface area contributed by atoms with E-state index in [1.165, 1.54) is 30.6 Å². The van der Waals surface area contributed by atoms with Crippen molar-refractivity contribution in [3.8, 4) is 0 Å². The van der Waals surface area contributed by atoms with Crippen LogP contribution in [-0.2, 0) is 0 Å². The summed E-state index contributed by atoms with van der Waals surface area (Å²) < 4.78 is 0. The number of ketones is 1. The molecule has 1 heterocycles. The Bertz CT molecular complexity index is 910. The van der Waals surface area contributed by atoms with Gasteiger partial charge in [-0.1, -0.05) is 41.6 Å². The number of benzene rings is 2. The number of aryl methyl sites for hydroxylation is 1. The van der Waals surface area contributed by atoms with E-state index < -0.39 is 0 Å². The molecule has 2 aromatic carbocycles. The van der Waals surface area contributed by atoms with E-state index in [4.69, 9.17) is 5.73 Å². The maximum atomic E-state index is 11.5. The van der Waals surface area contributed by atoms with Crippen LogP contribution >= 0.6 is 11.8 Å². The number of nitrogens with one attached hydrogen (secondary N) is 1. The fourth-order valence-electron chi connectivity index (χ4n) is 2.23. The van der Waals surface area contributed by atoms with Crippen LogP contribution in [0.15, 0.2) is 64.8 Å². The molecule has 0 bridgehead atoms. The van der Waals surface area contributed by atoms with Crippen molar-refractivity contribution in [1.29, 1.82) is 0 Å². The van der Waals surface area contributed by atoms with E-state index in [0.717, 1.165) is 10.6 Å². The van der Waals surface area contributed by atoms with Crippen LogP contribution in [0.3, 0.4) is 0 Å². The molecule has 0 saturated heterocycles. The molecule has 3 aromatic rings. The zero-order valence-electron chi connectivity index (χ0n) is 14.0. The molecule has 0 unspecified atom stereocenters. The molecular formula is C19H18N4OS. The molecule has 0 fully saturated rings. The highest BCUT2D eigenvalue weighted by molar-refractivity contribution is 7.99. The number of rotatable bonds is 5. The van der Waals surface area contributed by atoms with Crippen molar-refractivity contribution >= 4 is 34.7 Å². The fourth-order valence-corrected chi connectivity index (χ4v) is 3.03. The topological polar surface area (TPSA) is 80.9 Å². The molecule has 0 aliphatic rings. The number of hydrogen-bond acceptors (Lipinski definition) is 6. The molecule has 0 atom stereocenters. The van der Waals surface area contributed by atoms with Crippen LogP contribution in [0.2, 0.25) is 0 Å². The highest BCUT2D eigenvalue weighted by Crippen LogP contribution is 2.34. The van der Waals surface area contributed by atoms with E-state index in [1.54, 1.807) is 12.1 Å². The van der Waals surface area contributed by atoms with Crippen LogP contribution in [0.25, 0.3) is 0 Å². The molecule has 0 spiro atoms. The molecular weight excluding hydrogens is 332 g/mol. The van der Waals surface area contributed by atoms with Gasteiger partial charge in [-0.2, -0.15) is 0 Å². The second kappa shape index (κ2) is 7.36. The number of carbonyl (C=O) groups excluding carboxylic acids is 1. The van der Waals surface area contributed by atoms with Gasteiger partial charge in [0.05, 0.1) is 0 Å². The Morgan fingerprint density at radius 3 is 2.60 bits per heavy atom. The van der Waals surface area contributed by atoms with Crippen LogP contribution < -0.4 is 11.1 Å². The second-order valence-electron chi connectivity index (χ2n) is 5.62. The number of nitrogen functional groups attached to an aromatic ring is 1. The van der Waals surface area contributed by atoms with Gasteiger partial charge in [0, 0.05) is 16.1 Å². The van der Waals surface area contributed by atoms with Gasteiger partial charge in [0.25, 0.3) is 0 Å². The smallest absolute Gasteiger partial charge is 0.159 e. The Balaban J connectivity index is 1.84. The summed E-state index contributed by atoms with van der Waals surface area (Å²) in [6.07, 6.45) is 1.48. The summed E-state index contributed by atoms with van der Waals surface area (Å²) in [6, 6.07) is 15.4. The van der Waals surface area contributed by atoms with Gasteiger partial charge in [0.2, 0.25) is 0 Å². The summed E-state index contributed by atoms with van der Waals surface area (Å²) in [6.45, 7) is 3.58. The van der Waals surface area contributed by atoms with Crippen molar-refractivity contribution in [3.05, 3.63) is 66.0 Å². The molecule has 0 aliphatic carbocycles. The van der Waals surface area contributed by atoms with Crippen molar-refractivity contribution in [2.45, 2.75) is 23.8 Å². The van der Waals surface area contributed by atoms with Crippen LogP contribution in [0.5, 0.6) is 0 Å².